The van der Waals surface area contributed by atoms with Gasteiger partial charge in [0.15, 0.2) is 4.77 Å². The first-order valence-corrected chi connectivity index (χ1v) is 6.46. The van der Waals surface area contributed by atoms with Crippen molar-refractivity contribution in [2.75, 3.05) is 11.4 Å². The molecule has 5 heteroatoms. The zero-order chi connectivity index (χ0) is 11.7. The number of nitrogens with zero attached hydrogens (tertiary/aromatic N) is 3. The molecule has 1 N–H and O–H groups in total. The smallest absolute Gasteiger partial charge is 0.225 e. The minimum absolute atomic E-state index is 0.555. The highest BCUT2D eigenvalue weighted by atomic mass is 32.1. The molecule has 0 aliphatic carbocycles. The van der Waals surface area contributed by atoms with E-state index in [-0.39, 0.29) is 0 Å². The van der Waals surface area contributed by atoms with Crippen LogP contribution in [0.3, 0.4) is 0 Å². The Balaban J connectivity index is 2.26. The molecule has 1 aliphatic heterocycles. The molecular formula is C11H20N4S. The first-order chi connectivity index (χ1) is 7.63. The lowest BCUT2D eigenvalue weighted by molar-refractivity contribution is 0.371. The second-order valence-corrected chi connectivity index (χ2v) is 5.13. The third kappa shape index (κ3) is 2.00. The standard InChI is InChI=1S/C11H20N4S/c1-4-14-10(12-13-11(14)16)15-6-5-8(2)7-9(15)3/h8-9H,4-7H2,1-3H3,(H,13,16). The van der Waals surface area contributed by atoms with Gasteiger partial charge in [0.25, 0.3) is 0 Å². The zero-order valence-electron chi connectivity index (χ0n) is 10.2. The lowest BCUT2D eigenvalue weighted by Gasteiger charge is -2.37. The van der Waals surface area contributed by atoms with Crippen LogP contribution in [0.2, 0.25) is 0 Å². The van der Waals surface area contributed by atoms with Crippen LogP contribution in [0.5, 0.6) is 0 Å². The summed E-state index contributed by atoms with van der Waals surface area (Å²) in [7, 11) is 0. The van der Waals surface area contributed by atoms with Crippen LogP contribution in [0.25, 0.3) is 0 Å². The van der Waals surface area contributed by atoms with E-state index < -0.39 is 0 Å². The van der Waals surface area contributed by atoms with Crippen molar-refractivity contribution in [1.29, 1.82) is 0 Å². The van der Waals surface area contributed by atoms with E-state index in [0.29, 0.717) is 6.04 Å². The summed E-state index contributed by atoms with van der Waals surface area (Å²) in [4.78, 5) is 2.37. The minimum Gasteiger partial charge on any atom is -0.338 e. The van der Waals surface area contributed by atoms with E-state index in [2.05, 4.69) is 40.4 Å². The number of H-pyrrole nitrogens is 1. The summed E-state index contributed by atoms with van der Waals surface area (Å²) in [6.07, 6.45) is 2.48. The van der Waals surface area contributed by atoms with Crippen molar-refractivity contribution in [3.05, 3.63) is 4.77 Å². The minimum atomic E-state index is 0.555. The van der Waals surface area contributed by atoms with Crippen LogP contribution in [-0.2, 0) is 6.54 Å². The monoisotopic (exact) mass is 240 g/mol. The van der Waals surface area contributed by atoms with E-state index in [1.165, 1.54) is 12.8 Å². The Kier molecular flexibility index (Phi) is 3.33. The maximum absolute atomic E-state index is 5.22. The van der Waals surface area contributed by atoms with E-state index in [1.807, 2.05) is 0 Å². The molecule has 4 nitrogen and oxygen atoms in total. The van der Waals surface area contributed by atoms with Gasteiger partial charge in [-0.15, -0.1) is 5.10 Å². The molecule has 1 aliphatic rings. The lowest BCUT2D eigenvalue weighted by atomic mass is 9.94. The molecule has 2 rings (SSSR count). The number of rotatable bonds is 2. The normalized spacial score (nSPS) is 26.1. The highest BCUT2D eigenvalue weighted by Gasteiger charge is 2.26. The molecule has 2 heterocycles. The van der Waals surface area contributed by atoms with Gasteiger partial charge in [-0.05, 0) is 44.8 Å². The van der Waals surface area contributed by atoms with Crippen molar-refractivity contribution in [3.63, 3.8) is 0 Å². The van der Waals surface area contributed by atoms with Crippen molar-refractivity contribution < 1.29 is 0 Å². The van der Waals surface area contributed by atoms with Gasteiger partial charge in [-0.1, -0.05) is 6.92 Å². The van der Waals surface area contributed by atoms with E-state index in [4.69, 9.17) is 12.2 Å². The Morgan fingerprint density at radius 3 is 2.88 bits per heavy atom. The first-order valence-electron chi connectivity index (χ1n) is 6.05. The van der Waals surface area contributed by atoms with Gasteiger partial charge in [0, 0.05) is 19.1 Å². The molecule has 0 saturated carbocycles. The van der Waals surface area contributed by atoms with E-state index >= 15 is 0 Å². The van der Waals surface area contributed by atoms with Crippen LogP contribution >= 0.6 is 12.2 Å². The summed E-state index contributed by atoms with van der Waals surface area (Å²) in [6, 6.07) is 0.555. The van der Waals surface area contributed by atoms with Crippen LogP contribution in [0, 0.1) is 10.7 Å². The van der Waals surface area contributed by atoms with Gasteiger partial charge in [0.2, 0.25) is 5.95 Å². The second-order valence-electron chi connectivity index (χ2n) is 4.74. The molecule has 0 aromatic carbocycles. The number of anilines is 1. The fourth-order valence-electron chi connectivity index (χ4n) is 2.52. The number of aromatic nitrogens is 3. The highest BCUT2D eigenvalue weighted by Crippen LogP contribution is 2.26. The quantitative estimate of drug-likeness (QED) is 0.807. The summed E-state index contributed by atoms with van der Waals surface area (Å²) in [5, 5.41) is 7.25. The van der Waals surface area contributed by atoms with Crippen molar-refractivity contribution in [3.8, 4) is 0 Å². The predicted octanol–water partition coefficient (Wildman–Crippen LogP) is 2.59. The maximum atomic E-state index is 5.22. The van der Waals surface area contributed by atoms with Crippen molar-refractivity contribution >= 4 is 18.2 Å². The number of hydrogen-bond donors (Lipinski definition) is 1. The number of aromatic amines is 1. The van der Waals surface area contributed by atoms with Gasteiger partial charge >= 0.3 is 0 Å². The zero-order valence-corrected chi connectivity index (χ0v) is 11.0. The molecule has 2 unspecified atom stereocenters. The van der Waals surface area contributed by atoms with E-state index in [9.17, 15) is 0 Å². The average Bonchev–Trinajstić information content (AvgIpc) is 2.59. The molecule has 16 heavy (non-hydrogen) atoms. The summed E-state index contributed by atoms with van der Waals surface area (Å²) in [5.41, 5.74) is 0. The first kappa shape index (κ1) is 11.6. The van der Waals surface area contributed by atoms with Crippen LogP contribution in [0.4, 0.5) is 5.95 Å². The third-order valence-electron chi connectivity index (χ3n) is 3.45. The molecule has 0 spiro atoms. The Morgan fingerprint density at radius 1 is 1.50 bits per heavy atom. The summed E-state index contributed by atoms with van der Waals surface area (Å²) >= 11 is 5.22. The maximum Gasteiger partial charge on any atom is 0.225 e. The fourth-order valence-corrected chi connectivity index (χ4v) is 2.77. The summed E-state index contributed by atoms with van der Waals surface area (Å²) in [5.74, 6) is 1.83. The van der Waals surface area contributed by atoms with E-state index in [1.54, 1.807) is 0 Å². The van der Waals surface area contributed by atoms with Gasteiger partial charge in [-0.25, -0.2) is 5.10 Å². The Morgan fingerprint density at radius 2 is 2.25 bits per heavy atom. The van der Waals surface area contributed by atoms with Gasteiger partial charge < -0.3 is 4.90 Å². The highest BCUT2D eigenvalue weighted by molar-refractivity contribution is 7.71. The van der Waals surface area contributed by atoms with Crippen molar-refractivity contribution in [2.24, 2.45) is 5.92 Å². The molecule has 2 atom stereocenters. The Labute approximate surface area is 102 Å². The number of piperidine rings is 1. The molecule has 90 valence electrons. The number of hydrogen-bond acceptors (Lipinski definition) is 3. The molecule has 0 bridgehead atoms. The SMILES string of the molecule is CCn1c(N2CCC(C)CC2C)n[nH]c1=S. The fraction of sp³-hybridized carbons (Fsp3) is 0.818. The van der Waals surface area contributed by atoms with Gasteiger partial charge in [-0.3, -0.25) is 4.57 Å². The number of nitrogens with one attached hydrogen (secondary N) is 1. The molecule has 1 fully saturated rings. The van der Waals surface area contributed by atoms with Gasteiger partial charge in [-0.2, -0.15) is 0 Å². The van der Waals surface area contributed by atoms with Crippen LogP contribution < -0.4 is 4.90 Å². The summed E-state index contributed by atoms with van der Waals surface area (Å²) in [6.45, 7) is 8.66. The van der Waals surface area contributed by atoms with Gasteiger partial charge in [0.05, 0.1) is 0 Å². The van der Waals surface area contributed by atoms with Crippen molar-refractivity contribution in [1.82, 2.24) is 14.8 Å². The molecule has 0 radical (unpaired) electrons. The topological polar surface area (TPSA) is 36.9 Å². The molecular weight excluding hydrogens is 220 g/mol. The second kappa shape index (κ2) is 4.57. The van der Waals surface area contributed by atoms with Gasteiger partial charge in [0.1, 0.15) is 0 Å². The third-order valence-corrected chi connectivity index (χ3v) is 3.76. The predicted molar refractivity (Wildman–Crippen MR) is 68.3 cm³/mol. The van der Waals surface area contributed by atoms with E-state index in [0.717, 1.165) is 29.7 Å². The average molecular weight is 240 g/mol. The van der Waals surface area contributed by atoms with Crippen molar-refractivity contribution in [2.45, 2.75) is 46.2 Å². The van der Waals surface area contributed by atoms with Crippen LogP contribution in [-0.4, -0.2) is 27.4 Å². The molecule has 1 saturated heterocycles. The Bertz CT molecular complexity index is 408. The largest absolute Gasteiger partial charge is 0.338 e. The summed E-state index contributed by atoms with van der Waals surface area (Å²) < 4.78 is 2.80. The van der Waals surface area contributed by atoms with Crippen LogP contribution in [0.1, 0.15) is 33.6 Å². The Hall–Kier alpha value is -0.840. The molecule has 1 aromatic heterocycles. The molecule has 0 amide bonds. The molecule has 1 aromatic rings. The van der Waals surface area contributed by atoms with Crippen LogP contribution in [0.15, 0.2) is 0 Å². The lowest BCUT2D eigenvalue weighted by Crippen LogP contribution is -2.41.